The molecule has 5 heteroatoms. The molecule has 0 radical (unpaired) electrons. The Morgan fingerprint density at radius 3 is 2.07 bits per heavy atom. The Labute approximate surface area is 253 Å². The van der Waals surface area contributed by atoms with E-state index in [0.29, 0.717) is 28.1 Å². The fourth-order valence-electron chi connectivity index (χ4n) is 6.45. The summed E-state index contributed by atoms with van der Waals surface area (Å²) in [4.78, 5) is 29.6. The number of imide groups is 1. The van der Waals surface area contributed by atoms with E-state index in [1.165, 1.54) is 4.90 Å². The molecule has 0 bridgehead atoms. The number of fused-ring (bicyclic) bond motifs is 4. The van der Waals surface area contributed by atoms with Crippen molar-refractivity contribution < 1.29 is 9.59 Å². The molecule has 0 spiro atoms. The number of para-hydroxylation sites is 2. The van der Waals surface area contributed by atoms with Crippen molar-refractivity contribution in [3.8, 4) is 34.0 Å². The highest BCUT2D eigenvalue weighted by atomic mass is 16.2. The molecule has 0 N–H and O–H groups in total. The second-order valence-corrected chi connectivity index (χ2v) is 10.8. The molecule has 206 valence electrons. The van der Waals surface area contributed by atoms with Crippen LogP contribution >= 0.6 is 0 Å². The summed E-state index contributed by atoms with van der Waals surface area (Å²) in [6.07, 6.45) is 0. The van der Waals surface area contributed by atoms with Gasteiger partial charge in [-0.2, -0.15) is 5.26 Å². The fourth-order valence-corrected chi connectivity index (χ4v) is 6.45. The van der Waals surface area contributed by atoms with Crippen LogP contribution in [-0.4, -0.2) is 16.4 Å². The number of carbonyl (C=O) groups excluding carboxylic acids is 2. The summed E-state index contributed by atoms with van der Waals surface area (Å²) >= 11 is 0. The molecule has 0 saturated carbocycles. The van der Waals surface area contributed by atoms with Crippen LogP contribution in [0.1, 0.15) is 26.3 Å². The van der Waals surface area contributed by atoms with E-state index in [1.54, 1.807) is 12.1 Å². The van der Waals surface area contributed by atoms with Crippen molar-refractivity contribution in [3.05, 3.63) is 156 Å². The molecule has 6 aromatic carbocycles. The largest absolute Gasteiger partial charge is 0.308 e. The van der Waals surface area contributed by atoms with Gasteiger partial charge < -0.3 is 4.57 Å². The van der Waals surface area contributed by atoms with Gasteiger partial charge in [0, 0.05) is 21.9 Å². The standard InChI is InChI=1S/C39H23N3O2/c40-24-27-13-4-5-16-29(27)31-18-9-19-32-30-17-6-7-21-34(30)42(37(31)32)35-22-10-20-33-36(35)39(44)41(38(33)43)28-15-8-14-26(23-28)25-11-2-1-3-12-25/h1-23H. The number of carbonyl (C=O) groups is 2. The van der Waals surface area contributed by atoms with Crippen LogP contribution in [0.15, 0.2) is 140 Å². The summed E-state index contributed by atoms with van der Waals surface area (Å²) in [5.74, 6) is -0.723. The zero-order chi connectivity index (χ0) is 29.8. The van der Waals surface area contributed by atoms with Crippen molar-refractivity contribution in [1.82, 2.24) is 4.57 Å². The third-order valence-corrected chi connectivity index (χ3v) is 8.38. The van der Waals surface area contributed by atoms with Crippen LogP contribution in [0.3, 0.4) is 0 Å². The van der Waals surface area contributed by atoms with Gasteiger partial charge in [-0.05, 0) is 47.5 Å². The minimum absolute atomic E-state index is 0.354. The highest BCUT2D eigenvalue weighted by molar-refractivity contribution is 6.36. The number of rotatable bonds is 4. The van der Waals surface area contributed by atoms with Gasteiger partial charge >= 0.3 is 0 Å². The molecule has 0 fully saturated rings. The third kappa shape index (κ3) is 3.72. The topological polar surface area (TPSA) is 66.1 Å². The van der Waals surface area contributed by atoms with Gasteiger partial charge in [0.25, 0.3) is 11.8 Å². The maximum absolute atomic E-state index is 14.3. The van der Waals surface area contributed by atoms with Crippen molar-refractivity contribution in [2.45, 2.75) is 0 Å². The lowest BCUT2D eigenvalue weighted by Crippen LogP contribution is -2.29. The lowest BCUT2D eigenvalue weighted by molar-refractivity contribution is 0.0926. The molecule has 2 heterocycles. The molecule has 1 aromatic heterocycles. The van der Waals surface area contributed by atoms with E-state index in [9.17, 15) is 14.9 Å². The molecule has 0 atom stereocenters. The van der Waals surface area contributed by atoms with Crippen molar-refractivity contribution in [2.75, 3.05) is 4.90 Å². The third-order valence-electron chi connectivity index (χ3n) is 8.38. The van der Waals surface area contributed by atoms with Crippen LogP contribution in [-0.2, 0) is 0 Å². The van der Waals surface area contributed by atoms with Gasteiger partial charge in [-0.1, -0.05) is 103 Å². The van der Waals surface area contributed by atoms with Gasteiger partial charge in [-0.3, -0.25) is 9.59 Å². The number of nitriles is 1. The molecule has 1 aliphatic heterocycles. The van der Waals surface area contributed by atoms with Crippen LogP contribution in [0.4, 0.5) is 5.69 Å². The minimum atomic E-state index is -0.369. The van der Waals surface area contributed by atoms with Crippen LogP contribution < -0.4 is 4.90 Å². The number of amides is 2. The maximum atomic E-state index is 14.3. The first kappa shape index (κ1) is 25.5. The summed E-state index contributed by atoms with van der Waals surface area (Å²) in [6.45, 7) is 0. The maximum Gasteiger partial charge on any atom is 0.268 e. The van der Waals surface area contributed by atoms with Gasteiger partial charge in [-0.15, -0.1) is 0 Å². The number of benzene rings is 6. The van der Waals surface area contributed by atoms with E-state index in [0.717, 1.165) is 44.1 Å². The highest BCUT2D eigenvalue weighted by Gasteiger charge is 2.39. The fraction of sp³-hybridized carbons (Fsp3) is 0. The van der Waals surface area contributed by atoms with E-state index in [2.05, 4.69) is 22.8 Å². The van der Waals surface area contributed by atoms with Crippen molar-refractivity contribution in [3.63, 3.8) is 0 Å². The van der Waals surface area contributed by atoms with E-state index in [4.69, 9.17) is 0 Å². The van der Waals surface area contributed by atoms with Crippen LogP contribution in [0.5, 0.6) is 0 Å². The molecule has 44 heavy (non-hydrogen) atoms. The van der Waals surface area contributed by atoms with Crippen LogP contribution in [0.2, 0.25) is 0 Å². The van der Waals surface area contributed by atoms with Crippen LogP contribution in [0.25, 0.3) is 49.7 Å². The summed E-state index contributed by atoms with van der Waals surface area (Å²) in [6, 6.07) is 46.8. The Morgan fingerprint density at radius 1 is 0.545 bits per heavy atom. The molecule has 1 aliphatic rings. The predicted octanol–water partition coefficient (Wildman–Crippen LogP) is 8.79. The zero-order valence-electron chi connectivity index (χ0n) is 23.4. The van der Waals surface area contributed by atoms with E-state index < -0.39 is 0 Å². The van der Waals surface area contributed by atoms with E-state index >= 15 is 0 Å². The predicted molar refractivity (Wildman–Crippen MR) is 174 cm³/mol. The molecule has 8 rings (SSSR count). The van der Waals surface area contributed by atoms with Crippen molar-refractivity contribution >= 4 is 39.3 Å². The Bertz CT molecular complexity index is 2340. The molecule has 5 nitrogen and oxygen atoms in total. The van der Waals surface area contributed by atoms with Crippen LogP contribution in [0, 0.1) is 11.3 Å². The average Bonchev–Trinajstić information content (AvgIpc) is 3.56. The normalized spacial score (nSPS) is 12.6. The zero-order valence-corrected chi connectivity index (χ0v) is 23.4. The van der Waals surface area contributed by atoms with E-state index in [-0.39, 0.29) is 11.8 Å². The summed E-state index contributed by atoms with van der Waals surface area (Å²) < 4.78 is 2.07. The molecular weight excluding hydrogens is 542 g/mol. The number of hydrogen-bond donors (Lipinski definition) is 0. The van der Waals surface area contributed by atoms with Gasteiger partial charge in [0.05, 0.1) is 45.2 Å². The number of nitrogens with zero attached hydrogens (tertiary/aromatic N) is 3. The van der Waals surface area contributed by atoms with Crippen molar-refractivity contribution in [2.24, 2.45) is 0 Å². The molecule has 0 aliphatic carbocycles. The van der Waals surface area contributed by atoms with Gasteiger partial charge in [-0.25, -0.2) is 4.90 Å². The van der Waals surface area contributed by atoms with Gasteiger partial charge in [0.15, 0.2) is 0 Å². The molecule has 0 saturated heterocycles. The first-order valence-corrected chi connectivity index (χ1v) is 14.3. The molecule has 7 aromatic rings. The molecule has 2 amide bonds. The Morgan fingerprint density at radius 2 is 1.20 bits per heavy atom. The Kier molecular flexibility index (Phi) is 5.75. The van der Waals surface area contributed by atoms with E-state index in [1.807, 2.05) is 115 Å². The monoisotopic (exact) mass is 565 g/mol. The smallest absolute Gasteiger partial charge is 0.268 e. The second kappa shape index (κ2) is 9.94. The number of anilines is 1. The lowest BCUT2D eigenvalue weighted by Gasteiger charge is -2.16. The first-order valence-electron chi connectivity index (χ1n) is 14.3. The van der Waals surface area contributed by atoms with Gasteiger partial charge in [0.2, 0.25) is 0 Å². The summed E-state index contributed by atoms with van der Waals surface area (Å²) in [5, 5.41) is 12.0. The molecular formula is C39H23N3O2. The van der Waals surface area contributed by atoms with Crippen molar-refractivity contribution in [1.29, 1.82) is 5.26 Å². The quantitative estimate of drug-likeness (QED) is 0.200. The highest BCUT2D eigenvalue weighted by Crippen LogP contribution is 2.41. The molecule has 0 unspecified atom stereocenters. The Balaban J connectivity index is 1.37. The summed E-state index contributed by atoms with van der Waals surface area (Å²) in [7, 11) is 0. The SMILES string of the molecule is N#Cc1ccccc1-c1cccc2c3ccccc3n(-c3cccc4c3C(=O)N(c3cccc(-c5ccccc5)c3)C4=O)c12. The number of aromatic nitrogens is 1. The second-order valence-electron chi connectivity index (χ2n) is 10.8. The minimum Gasteiger partial charge on any atom is -0.308 e. The first-order chi connectivity index (χ1) is 21.7. The van der Waals surface area contributed by atoms with Gasteiger partial charge in [0.1, 0.15) is 0 Å². The lowest BCUT2D eigenvalue weighted by atomic mass is 9.97. The average molecular weight is 566 g/mol. The Hall–Kier alpha value is -6.25. The summed E-state index contributed by atoms with van der Waals surface area (Å²) in [5.41, 5.74) is 7.79. The number of hydrogen-bond acceptors (Lipinski definition) is 3.